The van der Waals surface area contributed by atoms with Crippen molar-refractivity contribution in [3.05, 3.63) is 47.5 Å². The zero-order valence-electron chi connectivity index (χ0n) is 18.1. The van der Waals surface area contributed by atoms with Crippen molar-refractivity contribution in [3.63, 3.8) is 0 Å². The van der Waals surface area contributed by atoms with E-state index in [-0.39, 0.29) is 24.3 Å². The summed E-state index contributed by atoms with van der Waals surface area (Å²) in [5.74, 6) is -0.582. The van der Waals surface area contributed by atoms with Crippen LogP contribution in [-0.2, 0) is 4.79 Å². The summed E-state index contributed by atoms with van der Waals surface area (Å²) in [7, 11) is 2.14. The summed E-state index contributed by atoms with van der Waals surface area (Å²) in [6, 6.07) is 11.0. The number of benzene rings is 2. The lowest BCUT2D eigenvalue weighted by Gasteiger charge is -2.32. The molecule has 1 fully saturated rings. The third-order valence-corrected chi connectivity index (χ3v) is 6.21. The molecule has 2 aromatic carbocycles. The first-order chi connectivity index (χ1) is 15.0. The fourth-order valence-electron chi connectivity index (χ4n) is 4.37. The number of carbonyl (C=O) groups is 3. The highest BCUT2D eigenvalue weighted by molar-refractivity contribution is 6.25. The van der Waals surface area contributed by atoms with Crippen LogP contribution >= 0.6 is 0 Å². The van der Waals surface area contributed by atoms with Crippen molar-refractivity contribution in [2.24, 2.45) is 0 Å². The van der Waals surface area contributed by atoms with Crippen molar-refractivity contribution in [2.45, 2.75) is 19.3 Å². The van der Waals surface area contributed by atoms with Gasteiger partial charge in [-0.15, -0.1) is 0 Å². The molecular weight excluding hydrogens is 392 g/mol. The summed E-state index contributed by atoms with van der Waals surface area (Å²) in [5, 5.41) is 4.58. The van der Waals surface area contributed by atoms with Gasteiger partial charge in [0.2, 0.25) is 5.91 Å². The van der Waals surface area contributed by atoms with Crippen LogP contribution < -0.4 is 5.32 Å². The Balaban J connectivity index is 1.22. The fraction of sp³-hybridized carbons (Fsp3) is 0.458. The predicted molar refractivity (Wildman–Crippen MR) is 120 cm³/mol. The Morgan fingerprint density at radius 2 is 1.55 bits per heavy atom. The van der Waals surface area contributed by atoms with Gasteiger partial charge >= 0.3 is 0 Å². The summed E-state index contributed by atoms with van der Waals surface area (Å²) in [6.45, 7) is 6.26. The molecule has 1 N–H and O–H groups in total. The summed E-state index contributed by atoms with van der Waals surface area (Å²) in [4.78, 5) is 43.9. The average Bonchev–Trinajstić information content (AvgIpc) is 2.78. The number of likely N-dealkylation sites (N-methyl/N-ethyl adjacent to an activating group) is 1. The molecule has 7 heteroatoms. The van der Waals surface area contributed by atoms with E-state index in [4.69, 9.17) is 0 Å². The van der Waals surface area contributed by atoms with Gasteiger partial charge in [-0.25, -0.2) is 0 Å². The lowest BCUT2D eigenvalue weighted by atomic mass is 9.94. The maximum Gasteiger partial charge on any atom is 0.261 e. The van der Waals surface area contributed by atoms with Crippen molar-refractivity contribution >= 4 is 28.5 Å². The lowest BCUT2D eigenvalue weighted by molar-refractivity contribution is -0.121. The molecule has 2 heterocycles. The van der Waals surface area contributed by atoms with Crippen LogP contribution in [0.5, 0.6) is 0 Å². The second-order valence-corrected chi connectivity index (χ2v) is 8.42. The van der Waals surface area contributed by atoms with E-state index in [1.807, 2.05) is 24.3 Å². The van der Waals surface area contributed by atoms with Gasteiger partial charge in [0.25, 0.3) is 11.8 Å². The first kappa shape index (κ1) is 21.5. The van der Waals surface area contributed by atoms with Crippen LogP contribution in [0.1, 0.15) is 40.0 Å². The van der Waals surface area contributed by atoms with E-state index in [0.29, 0.717) is 30.5 Å². The maximum atomic E-state index is 12.9. The molecule has 0 atom stereocenters. The van der Waals surface area contributed by atoms with Gasteiger partial charge in [-0.2, -0.15) is 0 Å². The monoisotopic (exact) mass is 422 g/mol. The first-order valence-corrected chi connectivity index (χ1v) is 11.1. The SMILES string of the molecule is CN1CCN(CCCNC(=O)CCCN2C(=O)c3cccc4cccc(c34)C2=O)CC1. The third kappa shape index (κ3) is 4.78. The van der Waals surface area contributed by atoms with Gasteiger partial charge in [0.05, 0.1) is 0 Å². The van der Waals surface area contributed by atoms with Crippen LogP contribution in [0, 0.1) is 0 Å². The quantitative estimate of drug-likeness (QED) is 0.520. The molecule has 2 aliphatic rings. The molecule has 3 amide bonds. The normalized spacial score (nSPS) is 17.4. The van der Waals surface area contributed by atoms with Crippen molar-refractivity contribution in [2.75, 3.05) is 52.9 Å². The molecule has 164 valence electrons. The number of piperazine rings is 1. The van der Waals surface area contributed by atoms with Crippen molar-refractivity contribution < 1.29 is 14.4 Å². The topological polar surface area (TPSA) is 73.0 Å². The molecule has 0 bridgehead atoms. The van der Waals surface area contributed by atoms with Crippen LogP contribution in [0.3, 0.4) is 0 Å². The summed E-state index contributed by atoms with van der Waals surface area (Å²) in [5.41, 5.74) is 1.11. The summed E-state index contributed by atoms with van der Waals surface area (Å²) in [6.07, 6.45) is 1.69. The molecule has 31 heavy (non-hydrogen) atoms. The number of nitrogens with one attached hydrogen (secondary N) is 1. The van der Waals surface area contributed by atoms with Crippen LogP contribution in [0.2, 0.25) is 0 Å². The van der Waals surface area contributed by atoms with Gasteiger partial charge in [-0.05, 0) is 44.0 Å². The van der Waals surface area contributed by atoms with Crippen LogP contribution in [0.15, 0.2) is 36.4 Å². The molecule has 2 aromatic rings. The van der Waals surface area contributed by atoms with E-state index in [0.717, 1.165) is 49.9 Å². The maximum absolute atomic E-state index is 12.9. The third-order valence-electron chi connectivity index (χ3n) is 6.21. The minimum atomic E-state index is -0.276. The Kier molecular flexibility index (Phi) is 6.63. The largest absolute Gasteiger partial charge is 0.356 e. The second kappa shape index (κ2) is 9.58. The minimum Gasteiger partial charge on any atom is -0.356 e. The molecule has 7 nitrogen and oxygen atoms in total. The van der Waals surface area contributed by atoms with E-state index in [2.05, 4.69) is 22.2 Å². The molecule has 0 unspecified atom stereocenters. The van der Waals surface area contributed by atoms with Gasteiger partial charge < -0.3 is 15.1 Å². The Morgan fingerprint density at radius 3 is 2.19 bits per heavy atom. The minimum absolute atomic E-state index is 0.0298. The molecule has 0 spiro atoms. The highest BCUT2D eigenvalue weighted by atomic mass is 16.2. The van der Waals surface area contributed by atoms with Gasteiger partial charge in [0, 0.05) is 62.2 Å². The van der Waals surface area contributed by atoms with E-state index in [9.17, 15) is 14.4 Å². The Morgan fingerprint density at radius 1 is 0.903 bits per heavy atom. The van der Waals surface area contributed by atoms with E-state index in [1.54, 1.807) is 12.1 Å². The molecule has 0 saturated carbocycles. The zero-order chi connectivity index (χ0) is 21.8. The molecule has 4 rings (SSSR count). The number of carbonyl (C=O) groups excluding carboxylic acids is 3. The summed E-state index contributed by atoms with van der Waals surface area (Å²) >= 11 is 0. The highest BCUT2D eigenvalue weighted by Gasteiger charge is 2.32. The lowest BCUT2D eigenvalue weighted by Crippen LogP contribution is -2.45. The molecule has 0 radical (unpaired) electrons. The van der Waals surface area contributed by atoms with Gasteiger partial charge in [0.1, 0.15) is 0 Å². The van der Waals surface area contributed by atoms with Crippen LogP contribution in [-0.4, -0.2) is 85.3 Å². The number of hydrogen-bond acceptors (Lipinski definition) is 5. The van der Waals surface area contributed by atoms with Crippen molar-refractivity contribution in [1.82, 2.24) is 20.0 Å². The second-order valence-electron chi connectivity index (χ2n) is 8.42. The van der Waals surface area contributed by atoms with E-state index >= 15 is 0 Å². The van der Waals surface area contributed by atoms with Gasteiger partial charge in [-0.3, -0.25) is 19.3 Å². The molecule has 0 aliphatic carbocycles. The predicted octanol–water partition coefficient (Wildman–Crippen LogP) is 1.97. The van der Waals surface area contributed by atoms with Crippen molar-refractivity contribution in [1.29, 1.82) is 0 Å². The van der Waals surface area contributed by atoms with Crippen molar-refractivity contribution in [3.8, 4) is 0 Å². The first-order valence-electron chi connectivity index (χ1n) is 11.1. The Hall–Kier alpha value is -2.77. The number of imide groups is 1. The van der Waals surface area contributed by atoms with E-state index < -0.39 is 0 Å². The number of amides is 3. The van der Waals surface area contributed by atoms with E-state index in [1.165, 1.54) is 4.90 Å². The smallest absolute Gasteiger partial charge is 0.261 e. The van der Waals surface area contributed by atoms with Gasteiger partial charge in [-0.1, -0.05) is 24.3 Å². The molecule has 2 aliphatic heterocycles. The Labute approximate surface area is 183 Å². The number of rotatable bonds is 8. The highest BCUT2D eigenvalue weighted by Crippen LogP contribution is 2.30. The van der Waals surface area contributed by atoms with Gasteiger partial charge in [0.15, 0.2) is 0 Å². The average molecular weight is 423 g/mol. The zero-order valence-corrected chi connectivity index (χ0v) is 18.1. The van der Waals surface area contributed by atoms with Crippen LogP contribution in [0.4, 0.5) is 0 Å². The molecular formula is C24H30N4O3. The number of nitrogens with zero attached hydrogens (tertiary/aromatic N) is 3. The Bertz CT molecular complexity index is 931. The molecule has 1 saturated heterocycles. The standard InChI is InChI=1S/C24H30N4O3/c1-26-14-16-27(17-15-26)12-5-11-25-21(29)10-4-13-28-23(30)19-8-2-6-18-7-3-9-20(22(18)19)24(28)31/h2-3,6-9H,4-5,10-17H2,1H3,(H,25,29). The van der Waals surface area contributed by atoms with Crippen LogP contribution in [0.25, 0.3) is 10.8 Å². The summed E-state index contributed by atoms with van der Waals surface area (Å²) < 4.78 is 0. The molecule has 0 aromatic heterocycles. The number of hydrogen-bond donors (Lipinski definition) is 1. The fourth-order valence-corrected chi connectivity index (χ4v) is 4.37.